The molecule has 0 N–H and O–H groups in total. The summed E-state index contributed by atoms with van der Waals surface area (Å²) in [5.41, 5.74) is 4.04. The highest BCUT2D eigenvalue weighted by atomic mass is 16.5. The zero-order valence-corrected chi connectivity index (χ0v) is 12.7. The summed E-state index contributed by atoms with van der Waals surface area (Å²) in [5, 5.41) is 0.558. The van der Waals surface area contributed by atoms with E-state index >= 15 is 0 Å². The van der Waals surface area contributed by atoms with E-state index in [2.05, 4.69) is 12.1 Å². The SMILES string of the molecule is CCOC(=O)c1cn2c3c(cccc3c1=O)-c1ccccc1C2. The van der Waals surface area contributed by atoms with Crippen LogP contribution in [0, 0.1) is 0 Å². The van der Waals surface area contributed by atoms with Crippen molar-refractivity contribution in [2.75, 3.05) is 6.61 Å². The second kappa shape index (κ2) is 5.09. The molecule has 0 aliphatic carbocycles. The van der Waals surface area contributed by atoms with Crippen LogP contribution < -0.4 is 5.43 Å². The van der Waals surface area contributed by atoms with Crippen LogP contribution in [-0.4, -0.2) is 17.1 Å². The minimum absolute atomic E-state index is 0.0934. The average molecular weight is 305 g/mol. The predicted octanol–water partition coefficient (Wildman–Crippen LogP) is 3.21. The van der Waals surface area contributed by atoms with Crippen molar-refractivity contribution in [3.63, 3.8) is 0 Å². The molecule has 1 aliphatic rings. The van der Waals surface area contributed by atoms with Gasteiger partial charge < -0.3 is 9.30 Å². The smallest absolute Gasteiger partial charge is 0.343 e. The maximum atomic E-state index is 12.7. The molecule has 0 atom stereocenters. The highest BCUT2D eigenvalue weighted by molar-refractivity contribution is 6.00. The highest BCUT2D eigenvalue weighted by Gasteiger charge is 2.22. The topological polar surface area (TPSA) is 48.3 Å². The van der Waals surface area contributed by atoms with E-state index < -0.39 is 5.97 Å². The van der Waals surface area contributed by atoms with Crippen LogP contribution in [0.1, 0.15) is 22.8 Å². The summed E-state index contributed by atoms with van der Waals surface area (Å²) in [6.07, 6.45) is 1.63. The zero-order chi connectivity index (χ0) is 16.0. The Balaban J connectivity index is 2.07. The van der Waals surface area contributed by atoms with Crippen LogP contribution in [0.5, 0.6) is 0 Å². The molecule has 3 aromatic rings. The minimum atomic E-state index is -0.563. The molecule has 4 rings (SSSR count). The van der Waals surface area contributed by atoms with Crippen LogP contribution in [0.25, 0.3) is 22.0 Å². The third-order valence-corrected chi connectivity index (χ3v) is 4.24. The normalized spacial score (nSPS) is 12.0. The number of hydrogen-bond donors (Lipinski definition) is 0. The van der Waals surface area contributed by atoms with Crippen LogP contribution in [0.3, 0.4) is 0 Å². The molecule has 2 aromatic carbocycles. The van der Waals surface area contributed by atoms with E-state index in [1.54, 1.807) is 19.2 Å². The molecule has 4 heteroatoms. The molecular formula is C19H15NO3. The highest BCUT2D eigenvalue weighted by Crippen LogP contribution is 2.34. The Labute approximate surface area is 132 Å². The lowest BCUT2D eigenvalue weighted by atomic mass is 9.93. The fourth-order valence-electron chi connectivity index (χ4n) is 3.26. The summed E-state index contributed by atoms with van der Waals surface area (Å²) < 4.78 is 7.00. The Morgan fingerprint density at radius 2 is 1.91 bits per heavy atom. The molecule has 0 bridgehead atoms. The number of benzene rings is 2. The first-order valence-corrected chi connectivity index (χ1v) is 7.62. The van der Waals surface area contributed by atoms with Crippen molar-refractivity contribution in [3.8, 4) is 11.1 Å². The molecule has 0 fully saturated rings. The maximum Gasteiger partial charge on any atom is 0.343 e. The average Bonchev–Trinajstić information content (AvgIpc) is 2.58. The van der Waals surface area contributed by atoms with E-state index in [9.17, 15) is 9.59 Å². The van der Waals surface area contributed by atoms with Gasteiger partial charge in [-0.1, -0.05) is 36.4 Å². The van der Waals surface area contributed by atoms with Gasteiger partial charge in [-0.25, -0.2) is 4.79 Å². The number of nitrogens with zero attached hydrogens (tertiary/aromatic N) is 1. The van der Waals surface area contributed by atoms with Gasteiger partial charge in [0.1, 0.15) is 5.56 Å². The molecule has 114 valence electrons. The number of carbonyl (C=O) groups excluding carboxylic acids is 1. The fourth-order valence-corrected chi connectivity index (χ4v) is 3.26. The van der Waals surface area contributed by atoms with Gasteiger partial charge in [0, 0.05) is 23.7 Å². The van der Waals surface area contributed by atoms with E-state index in [0.29, 0.717) is 11.9 Å². The number of esters is 1. The Hall–Kier alpha value is -2.88. The summed E-state index contributed by atoms with van der Waals surface area (Å²) in [4.78, 5) is 24.8. The molecule has 1 aliphatic heterocycles. The first-order valence-electron chi connectivity index (χ1n) is 7.62. The Morgan fingerprint density at radius 3 is 2.74 bits per heavy atom. The minimum Gasteiger partial charge on any atom is -0.462 e. The van der Waals surface area contributed by atoms with Crippen molar-refractivity contribution >= 4 is 16.9 Å². The Morgan fingerprint density at radius 1 is 1.13 bits per heavy atom. The van der Waals surface area contributed by atoms with E-state index in [-0.39, 0.29) is 17.6 Å². The largest absolute Gasteiger partial charge is 0.462 e. The van der Waals surface area contributed by atoms with Crippen molar-refractivity contribution in [2.24, 2.45) is 0 Å². The van der Waals surface area contributed by atoms with Crippen molar-refractivity contribution in [3.05, 3.63) is 70.0 Å². The maximum absolute atomic E-state index is 12.7. The molecule has 1 aromatic heterocycles. The number of hydrogen-bond acceptors (Lipinski definition) is 3. The Kier molecular flexibility index (Phi) is 3.05. The van der Waals surface area contributed by atoms with Crippen molar-refractivity contribution in [2.45, 2.75) is 13.5 Å². The summed E-state index contributed by atoms with van der Waals surface area (Å²) in [6, 6.07) is 13.8. The van der Waals surface area contributed by atoms with Crippen molar-refractivity contribution in [1.29, 1.82) is 0 Å². The second-order valence-corrected chi connectivity index (χ2v) is 5.58. The molecule has 0 radical (unpaired) electrons. The molecule has 0 saturated heterocycles. The van der Waals surface area contributed by atoms with Gasteiger partial charge in [-0.05, 0) is 24.1 Å². The number of para-hydroxylation sites is 1. The van der Waals surface area contributed by atoms with Gasteiger partial charge in [0.05, 0.1) is 12.1 Å². The third kappa shape index (κ3) is 1.99. The first-order chi connectivity index (χ1) is 11.2. The van der Waals surface area contributed by atoms with Gasteiger partial charge in [-0.15, -0.1) is 0 Å². The molecular weight excluding hydrogens is 290 g/mol. The zero-order valence-electron chi connectivity index (χ0n) is 12.7. The van der Waals surface area contributed by atoms with Crippen LogP contribution in [0.4, 0.5) is 0 Å². The molecule has 23 heavy (non-hydrogen) atoms. The van der Waals surface area contributed by atoms with Gasteiger partial charge >= 0.3 is 5.97 Å². The van der Waals surface area contributed by atoms with Gasteiger partial charge in [0.15, 0.2) is 0 Å². The van der Waals surface area contributed by atoms with Crippen LogP contribution in [0.15, 0.2) is 53.5 Å². The van der Waals surface area contributed by atoms with E-state index in [4.69, 9.17) is 4.74 Å². The summed E-state index contributed by atoms with van der Waals surface area (Å²) in [7, 11) is 0. The first kappa shape index (κ1) is 13.8. The van der Waals surface area contributed by atoms with Gasteiger partial charge in [-0.2, -0.15) is 0 Å². The molecule has 0 unspecified atom stereocenters. The standard InChI is InChI=1S/C19H15NO3/c1-2-23-19(22)16-11-20-10-12-6-3-4-7-13(12)14-8-5-9-15(17(14)20)18(16)21/h3-9,11H,2,10H2,1H3. The van der Waals surface area contributed by atoms with E-state index in [1.807, 2.05) is 28.8 Å². The van der Waals surface area contributed by atoms with Crippen molar-refractivity contribution in [1.82, 2.24) is 4.57 Å². The number of aromatic nitrogens is 1. The number of carbonyl (C=O) groups is 1. The van der Waals surface area contributed by atoms with Crippen LogP contribution in [-0.2, 0) is 11.3 Å². The van der Waals surface area contributed by atoms with E-state index in [0.717, 1.165) is 16.6 Å². The number of pyridine rings is 1. The van der Waals surface area contributed by atoms with Crippen LogP contribution in [0.2, 0.25) is 0 Å². The van der Waals surface area contributed by atoms with Gasteiger partial charge in [0.2, 0.25) is 5.43 Å². The van der Waals surface area contributed by atoms with Crippen molar-refractivity contribution < 1.29 is 9.53 Å². The lowest BCUT2D eigenvalue weighted by Crippen LogP contribution is -2.22. The third-order valence-electron chi connectivity index (χ3n) is 4.24. The Bertz CT molecular complexity index is 1000. The molecule has 0 saturated carbocycles. The molecule has 0 spiro atoms. The van der Waals surface area contributed by atoms with Gasteiger partial charge in [0.25, 0.3) is 0 Å². The number of rotatable bonds is 2. The quantitative estimate of drug-likeness (QED) is 0.534. The number of ether oxygens (including phenoxy) is 1. The lowest BCUT2D eigenvalue weighted by Gasteiger charge is -2.23. The monoisotopic (exact) mass is 305 g/mol. The summed E-state index contributed by atoms with van der Waals surface area (Å²) >= 11 is 0. The molecule has 4 nitrogen and oxygen atoms in total. The molecule has 2 heterocycles. The fraction of sp³-hybridized carbons (Fsp3) is 0.158. The lowest BCUT2D eigenvalue weighted by molar-refractivity contribution is 0.0524. The van der Waals surface area contributed by atoms with Gasteiger partial charge in [-0.3, -0.25) is 4.79 Å². The van der Waals surface area contributed by atoms with Crippen LogP contribution >= 0.6 is 0 Å². The molecule has 0 amide bonds. The van der Waals surface area contributed by atoms with E-state index in [1.165, 1.54) is 5.56 Å². The number of fused-ring (bicyclic) bond motifs is 2. The summed E-state index contributed by atoms with van der Waals surface area (Å²) in [6.45, 7) is 2.62. The second-order valence-electron chi connectivity index (χ2n) is 5.58. The predicted molar refractivity (Wildman–Crippen MR) is 88.7 cm³/mol. The summed E-state index contributed by atoms with van der Waals surface area (Å²) in [5.74, 6) is -0.563.